The third-order valence-corrected chi connectivity index (χ3v) is 3.96. The molecule has 0 fully saturated rings. The number of carboxylic acid groups (broad SMARTS) is 1. The second-order valence-electron chi connectivity index (χ2n) is 6.37. The number of amides is 1. The highest BCUT2D eigenvalue weighted by atomic mass is 19.4. The summed E-state index contributed by atoms with van der Waals surface area (Å²) in [5.41, 5.74) is 7.87. The summed E-state index contributed by atoms with van der Waals surface area (Å²) in [5.74, 6) is -3.61. The van der Waals surface area contributed by atoms with E-state index in [9.17, 15) is 22.8 Å². The third-order valence-electron chi connectivity index (χ3n) is 3.96. The number of alkyl halides is 3. The molecule has 168 valence electrons. The quantitative estimate of drug-likeness (QED) is 0.568. The van der Waals surface area contributed by atoms with Gasteiger partial charge in [0.1, 0.15) is 6.04 Å². The van der Waals surface area contributed by atoms with E-state index in [4.69, 9.17) is 20.4 Å². The van der Waals surface area contributed by atoms with Gasteiger partial charge in [-0.25, -0.2) is 9.59 Å². The van der Waals surface area contributed by atoms with Crippen LogP contribution >= 0.6 is 0 Å². The largest absolute Gasteiger partial charge is 0.490 e. The van der Waals surface area contributed by atoms with E-state index in [0.717, 1.165) is 11.1 Å². The monoisotopic (exact) mass is 440 g/mol. The van der Waals surface area contributed by atoms with E-state index in [1.807, 2.05) is 60.7 Å². The average Bonchev–Trinajstić information content (AvgIpc) is 2.73. The van der Waals surface area contributed by atoms with Gasteiger partial charge in [-0.15, -0.1) is 0 Å². The van der Waals surface area contributed by atoms with E-state index in [2.05, 4.69) is 5.32 Å². The molecular weight excluding hydrogens is 417 g/mol. The molecule has 31 heavy (non-hydrogen) atoms. The second-order valence-corrected chi connectivity index (χ2v) is 6.37. The first-order chi connectivity index (χ1) is 14.5. The topological polar surface area (TPSA) is 119 Å². The SMILES string of the molecule is COC(=O)[C@H](Cc1ccccc1)NC(=O)[C@@H](N)Cc1ccccc1.O=C(O)C(F)(F)F. The van der Waals surface area contributed by atoms with Gasteiger partial charge < -0.3 is 20.9 Å². The fourth-order valence-corrected chi connectivity index (χ4v) is 2.42. The molecule has 0 saturated carbocycles. The van der Waals surface area contributed by atoms with Crippen molar-refractivity contribution in [3.63, 3.8) is 0 Å². The van der Waals surface area contributed by atoms with Gasteiger partial charge in [-0.2, -0.15) is 13.2 Å². The first-order valence-corrected chi connectivity index (χ1v) is 9.06. The lowest BCUT2D eigenvalue weighted by molar-refractivity contribution is -0.192. The van der Waals surface area contributed by atoms with Crippen molar-refractivity contribution < 1.29 is 37.4 Å². The van der Waals surface area contributed by atoms with Gasteiger partial charge >= 0.3 is 18.1 Å². The van der Waals surface area contributed by atoms with Crippen molar-refractivity contribution >= 4 is 17.8 Å². The molecule has 0 unspecified atom stereocenters. The molecule has 2 aromatic rings. The van der Waals surface area contributed by atoms with E-state index in [-0.39, 0.29) is 5.91 Å². The Kier molecular flexibility index (Phi) is 10.2. The first-order valence-electron chi connectivity index (χ1n) is 9.06. The van der Waals surface area contributed by atoms with Crippen molar-refractivity contribution in [3.05, 3.63) is 71.8 Å². The molecular formula is C21H23F3N2O5. The van der Waals surface area contributed by atoms with Crippen LogP contribution in [0.25, 0.3) is 0 Å². The Balaban J connectivity index is 0.000000592. The maximum absolute atomic E-state index is 12.3. The molecule has 4 N–H and O–H groups in total. The molecule has 7 nitrogen and oxygen atoms in total. The number of hydrogen-bond acceptors (Lipinski definition) is 5. The van der Waals surface area contributed by atoms with E-state index >= 15 is 0 Å². The van der Waals surface area contributed by atoms with E-state index in [1.165, 1.54) is 7.11 Å². The minimum atomic E-state index is -5.08. The zero-order valence-electron chi connectivity index (χ0n) is 16.6. The smallest absolute Gasteiger partial charge is 0.475 e. The van der Waals surface area contributed by atoms with Crippen molar-refractivity contribution in [2.45, 2.75) is 31.1 Å². The van der Waals surface area contributed by atoms with Gasteiger partial charge in [-0.1, -0.05) is 60.7 Å². The van der Waals surface area contributed by atoms with Gasteiger partial charge in [-0.05, 0) is 17.5 Å². The van der Waals surface area contributed by atoms with Crippen LogP contribution in [0.3, 0.4) is 0 Å². The summed E-state index contributed by atoms with van der Waals surface area (Å²) in [5, 5.41) is 9.82. The van der Waals surface area contributed by atoms with Crippen LogP contribution in [0.4, 0.5) is 13.2 Å². The van der Waals surface area contributed by atoms with Crippen LogP contribution in [0.2, 0.25) is 0 Å². The number of rotatable bonds is 7. The van der Waals surface area contributed by atoms with Crippen molar-refractivity contribution in [3.8, 4) is 0 Å². The Hall–Kier alpha value is -3.40. The van der Waals surface area contributed by atoms with Crippen LogP contribution in [0.1, 0.15) is 11.1 Å². The minimum absolute atomic E-state index is 0.358. The van der Waals surface area contributed by atoms with E-state index in [0.29, 0.717) is 12.8 Å². The van der Waals surface area contributed by atoms with Gasteiger partial charge in [0, 0.05) is 6.42 Å². The van der Waals surface area contributed by atoms with Gasteiger partial charge in [0.15, 0.2) is 0 Å². The van der Waals surface area contributed by atoms with Crippen LogP contribution in [-0.4, -0.2) is 48.3 Å². The number of benzene rings is 2. The molecule has 2 aromatic carbocycles. The molecule has 10 heteroatoms. The average molecular weight is 440 g/mol. The fraction of sp³-hybridized carbons (Fsp3) is 0.286. The molecule has 0 aromatic heterocycles. The number of nitrogens with one attached hydrogen (secondary N) is 1. The molecule has 0 aliphatic carbocycles. The van der Waals surface area contributed by atoms with Gasteiger partial charge in [0.2, 0.25) is 5.91 Å². The molecule has 0 radical (unpaired) electrons. The Morgan fingerprint density at radius 1 is 0.968 bits per heavy atom. The van der Waals surface area contributed by atoms with Gasteiger partial charge in [-0.3, -0.25) is 4.79 Å². The number of carboxylic acids is 1. The maximum atomic E-state index is 12.3. The number of hydrogen-bond donors (Lipinski definition) is 3. The minimum Gasteiger partial charge on any atom is -0.475 e. The molecule has 0 aliphatic heterocycles. The number of methoxy groups -OCH3 is 1. The van der Waals surface area contributed by atoms with Crippen LogP contribution in [0.15, 0.2) is 60.7 Å². The Morgan fingerprint density at radius 2 is 1.39 bits per heavy atom. The maximum Gasteiger partial charge on any atom is 0.490 e. The van der Waals surface area contributed by atoms with Crippen LogP contribution < -0.4 is 11.1 Å². The summed E-state index contributed by atoms with van der Waals surface area (Å²) >= 11 is 0. The molecule has 0 bridgehead atoms. The predicted octanol–water partition coefficient (Wildman–Crippen LogP) is 2.09. The van der Waals surface area contributed by atoms with Crippen molar-refractivity contribution in [2.24, 2.45) is 5.73 Å². The number of carbonyl (C=O) groups is 3. The summed E-state index contributed by atoms with van der Waals surface area (Å²) in [7, 11) is 1.30. The van der Waals surface area contributed by atoms with Crippen molar-refractivity contribution in [2.75, 3.05) is 7.11 Å². The predicted molar refractivity (Wildman–Crippen MR) is 106 cm³/mol. The Labute approximate surface area is 177 Å². The zero-order chi connectivity index (χ0) is 23.4. The molecule has 0 spiro atoms. The van der Waals surface area contributed by atoms with Crippen LogP contribution in [-0.2, 0) is 32.0 Å². The Morgan fingerprint density at radius 3 is 1.77 bits per heavy atom. The van der Waals surface area contributed by atoms with Crippen molar-refractivity contribution in [1.82, 2.24) is 5.32 Å². The van der Waals surface area contributed by atoms with E-state index in [1.54, 1.807) is 0 Å². The summed E-state index contributed by atoms with van der Waals surface area (Å²) in [4.78, 5) is 33.2. The van der Waals surface area contributed by atoms with Crippen LogP contribution in [0, 0.1) is 0 Å². The highest BCUT2D eigenvalue weighted by Gasteiger charge is 2.38. The number of ether oxygens (including phenoxy) is 1. The first kappa shape index (κ1) is 25.6. The fourth-order valence-electron chi connectivity index (χ4n) is 2.42. The third kappa shape index (κ3) is 9.77. The normalized spacial score (nSPS) is 12.5. The van der Waals surface area contributed by atoms with Crippen LogP contribution in [0.5, 0.6) is 0 Å². The molecule has 2 rings (SSSR count). The standard InChI is InChI=1S/C19H22N2O3.C2HF3O2/c1-24-19(23)17(13-15-10-6-3-7-11-15)21-18(22)16(20)12-14-8-4-2-5-9-14;3-2(4,5)1(6)7/h2-11,16-17H,12-13,20H2,1H3,(H,21,22);(H,6,7)/t16-,17-;/m0./s1. The molecule has 1 amide bonds. The number of halogens is 3. The Bertz CT molecular complexity index is 845. The lowest BCUT2D eigenvalue weighted by atomic mass is 10.0. The van der Waals surface area contributed by atoms with Gasteiger partial charge in [0.05, 0.1) is 13.2 Å². The molecule has 0 saturated heterocycles. The summed E-state index contributed by atoms with van der Waals surface area (Å²) in [6, 6.07) is 17.5. The number of aliphatic carboxylic acids is 1. The van der Waals surface area contributed by atoms with E-state index < -0.39 is 30.2 Å². The summed E-state index contributed by atoms with van der Waals surface area (Å²) in [6.07, 6.45) is -4.32. The lowest BCUT2D eigenvalue weighted by Crippen LogP contribution is -2.50. The highest BCUT2D eigenvalue weighted by Crippen LogP contribution is 2.13. The number of carbonyl (C=O) groups excluding carboxylic acids is 2. The highest BCUT2D eigenvalue weighted by molar-refractivity contribution is 5.87. The number of esters is 1. The van der Waals surface area contributed by atoms with Gasteiger partial charge in [0.25, 0.3) is 0 Å². The summed E-state index contributed by atoms with van der Waals surface area (Å²) < 4.78 is 36.5. The number of nitrogens with two attached hydrogens (primary N) is 1. The second kappa shape index (κ2) is 12.3. The molecule has 0 aliphatic rings. The van der Waals surface area contributed by atoms with Crippen molar-refractivity contribution in [1.29, 1.82) is 0 Å². The summed E-state index contributed by atoms with van der Waals surface area (Å²) in [6.45, 7) is 0. The molecule has 2 atom stereocenters. The molecule has 0 heterocycles. The zero-order valence-corrected chi connectivity index (χ0v) is 16.6. The lowest BCUT2D eigenvalue weighted by Gasteiger charge is -2.19.